The Labute approximate surface area is 161 Å². The highest BCUT2D eigenvalue weighted by molar-refractivity contribution is 8.01. The van der Waals surface area contributed by atoms with Crippen LogP contribution in [0.4, 0.5) is 5.13 Å². The second-order valence-electron chi connectivity index (χ2n) is 7.17. The Morgan fingerprint density at radius 2 is 2.12 bits per heavy atom. The molecule has 0 aliphatic rings. The summed E-state index contributed by atoms with van der Waals surface area (Å²) >= 11 is 3.07. The predicted molar refractivity (Wildman–Crippen MR) is 108 cm³/mol. The number of anilines is 1. The van der Waals surface area contributed by atoms with Gasteiger partial charge in [-0.1, -0.05) is 56.9 Å². The molecule has 0 atom stereocenters. The third-order valence-corrected chi connectivity index (χ3v) is 6.13. The van der Waals surface area contributed by atoms with Crippen LogP contribution in [-0.4, -0.2) is 21.9 Å². The topological polar surface area (TPSA) is 68.0 Å². The van der Waals surface area contributed by atoms with E-state index in [2.05, 4.69) is 55.3 Å². The van der Waals surface area contributed by atoms with Crippen LogP contribution in [0.25, 0.3) is 11.0 Å². The number of fused-ring (bicyclic) bond motifs is 1. The smallest absolute Gasteiger partial charge is 0.230 e. The van der Waals surface area contributed by atoms with Gasteiger partial charge < -0.3 is 9.73 Å². The molecule has 0 aliphatic heterocycles. The monoisotopic (exact) mass is 389 g/mol. The van der Waals surface area contributed by atoms with Gasteiger partial charge in [-0.15, -0.1) is 10.2 Å². The van der Waals surface area contributed by atoms with Crippen molar-refractivity contribution in [3.05, 3.63) is 35.6 Å². The molecular weight excluding hydrogens is 366 g/mol. The van der Waals surface area contributed by atoms with Crippen molar-refractivity contribution >= 4 is 45.1 Å². The number of benzene rings is 1. The Balaban J connectivity index is 1.72. The maximum Gasteiger partial charge on any atom is 0.230 e. The second-order valence-corrected chi connectivity index (χ2v) is 9.49. The number of hydrogen-bond acceptors (Lipinski definition) is 6. The van der Waals surface area contributed by atoms with Gasteiger partial charge in [-0.25, -0.2) is 0 Å². The molecule has 138 valence electrons. The van der Waals surface area contributed by atoms with Crippen LogP contribution in [0.5, 0.6) is 0 Å². The number of aromatic nitrogens is 2. The molecule has 1 N–H and O–H groups in total. The molecule has 0 bridgehead atoms. The van der Waals surface area contributed by atoms with Crippen LogP contribution in [0.2, 0.25) is 0 Å². The number of hydrogen-bond donors (Lipinski definition) is 1. The average molecular weight is 390 g/mol. The zero-order valence-corrected chi connectivity index (χ0v) is 17.1. The van der Waals surface area contributed by atoms with E-state index in [9.17, 15) is 4.79 Å². The maximum atomic E-state index is 12.4. The van der Waals surface area contributed by atoms with Crippen LogP contribution < -0.4 is 5.32 Å². The Morgan fingerprint density at radius 3 is 2.85 bits per heavy atom. The first-order valence-electron chi connectivity index (χ1n) is 8.63. The molecule has 0 saturated heterocycles. The average Bonchev–Trinajstić information content (AvgIpc) is 3.19. The van der Waals surface area contributed by atoms with Crippen molar-refractivity contribution in [3.63, 3.8) is 0 Å². The minimum absolute atomic E-state index is 0.0457. The fourth-order valence-electron chi connectivity index (χ4n) is 2.53. The van der Waals surface area contributed by atoms with E-state index < -0.39 is 0 Å². The fourth-order valence-corrected chi connectivity index (χ4v) is 4.22. The summed E-state index contributed by atoms with van der Waals surface area (Å²) in [7, 11) is 0. The molecule has 0 spiro atoms. The van der Waals surface area contributed by atoms with Crippen molar-refractivity contribution in [2.75, 3.05) is 11.1 Å². The van der Waals surface area contributed by atoms with E-state index in [1.807, 2.05) is 6.07 Å². The zero-order valence-electron chi connectivity index (χ0n) is 15.5. The van der Waals surface area contributed by atoms with Crippen molar-refractivity contribution in [3.8, 4) is 0 Å². The van der Waals surface area contributed by atoms with Crippen molar-refractivity contribution in [1.82, 2.24) is 10.2 Å². The van der Waals surface area contributed by atoms with Crippen LogP contribution in [-0.2, 0) is 16.6 Å². The van der Waals surface area contributed by atoms with Gasteiger partial charge in [0.25, 0.3) is 0 Å². The summed E-state index contributed by atoms with van der Waals surface area (Å²) in [5, 5.41) is 12.5. The first kappa shape index (κ1) is 18.9. The molecule has 3 rings (SSSR count). The first-order chi connectivity index (χ1) is 12.4. The summed E-state index contributed by atoms with van der Waals surface area (Å²) in [4.78, 5) is 12.4. The molecule has 3 aromatic rings. The normalized spacial score (nSPS) is 11.8. The lowest BCUT2D eigenvalue weighted by atomic mass is 9.86. The summed E-state index contributed by atoms with van der Waals surface area (Å²) < 4.78 is 6.49. The number of rotatable bonds is 6. The number of carbonyl (C=O) groups is 1. The molecule has 0 fully saturated rings. The van der Waals surface area contributed by atoms with Crippen molar-refractivity contribution in [2.24, 2.45) is 0 Å². The second kappa shape index (κ2) is 7.80. The summed E-state index contributed by atoms with van der Waals surface area (Å²) in [6.07, 6.45) is 2.99. The Kier molecular flexibility index (Phi) is 5.67. The van der Waals surface area contributed by atoms with Crippen molar-refractivity contribution in [2.45, 2.75) is 50.3 Å². The summed E-state index contributed by atoms with van der Waals surface area (Å²) in [6, 6.07) is 6.16. The fraction of sp³-hybridized carbons (Fsp3) is 0.421. The van der Waals surface area contributed by atoms with Crippen molar-refractivity contribution < 1.29 is 9.21 Å². The highest BCUT2D eigenvalue weighted by atomic mass is 32.2. The van der Waals surface area contributed by atoms with Gasteiger partial charge in [0.15, 0.2) is 4.34 Å². The number of thioether (sulfide) groups is 1. The molecule has 0 saturated carbocycles. The van der Waals surface area contributed by atoms with E-state index in [1.165, 1.54) is 16.9 Å². The van der Waals surface area contributed by atoms with E-state index >= 15 is 0 Å². The van der Waals surface area contributed by atoms with Gasteiger partial charge in [0.2, 0.25) is 11.0 Å². The maximum absolute atomic E-state index is 12.4. The molecule has 1 aromatic carbocycles. The Hall–Kier alpha value is -1.86. The molecule has 2 heterocycles. The molecule has 5 nitrogen and oxygen atoms in total. The third-order valence-electron chi connectivity index (χ3n) is 3.95. The lowest BCUT2D eigenvalue weighted by Gasteiger charge is -2.18. The van der Waals surface area contributed by atoms with Gasteiger partial charge in [0.05, 0.1) is 12.7 Å². The lowest BCUT2D eigenvalue weighted by Crippen LogP contribution is -2.14. The molecule has 7 heteroatoms. The van der Waals surface area contributed by atoms with Crippen LogP contribution >= 0.6 is 23.1 Å². The van der Waals surface area contributed by atoms with Gasteiger partial charge in [-0.05, 0) is 29.5 Å². The van der Waals surface area contributed by atoms with Crippen LogP contribution in [0, 0.1) is 0 Å². The van der Waals surface area contributed by atoms with Gasteiger partial charge in [-0.2, -0.15) is 0 Å². The van der Waals surface area contributed by atoms with Gasteiger partial charge in [-0.3, -0.25) is 4.79 Å². The minimum atomic E-state index is -0.114. The van der Waals surface area contributed by atoms with Gasteiger partial charge in [0, 0.05) is 16.7 Å². The number of furan rings is 1. The Bertz CT molecular complexity index is 909. The summed E-state index contributed by atoms with van der Waals surface area (Å²) in [6.45, 7) is 8.63. The van der Waals surface area contributed by atoms with Gasteiger partial charge >= 0.3 is 0 Å². The highest BCUT2D eigenvalue weighted by Crippen LogP contribution is 2.30. The van der Waals surface area contributed by atoms with Crippen LogP contribution in [0.15, 0.2) is 33.2 Å². The van der Waals surface area contributed by atoms with E-state index in [4.69, 9.17) is 4.42 Å². The number of nitrogens with zero attached hydrogens (tertiary/aromatic N) is 2. The zero-order chi connectivity index (χ0) is 18.7. The van der Waals surface area contributed by atoms with E-state index in [1.54, 1.807) is 18.0 Å². The van der Waals surface area contributed by atoms with E-state index in [0.717, 1.165) is 33.0 Å². The molecule has 2 aromatic heterocycles. The largest absolute Gasteiger partial charge is 0.464 e. The number of amides is 1. The predicted octanol–water partition coefficient (Wildman–Crippen LogP) is 5.27. The third kappa shape index (κ3) is 4.45. The quantitative estimate of drug-likeness (QED) is 0.460. The standard InChI is InChI=1S/C19H23N3O2S2/c1-5-8-25-18-22-21-17(26-18)20-16(23)9-12-11-24-15-7-6-13(10-14(12)15)19(2,3)4/h6-7,10-11H,5,8-9H2,1-4H3,(H,20,21,23). The molecule has 0 aliphatic carbocycles. The van der Waals surface area contributed by atoms with E-state index in [0.29, 0.717) is 5.13 Å². The molecule has 26 heavy (non-hydrogen) atoms. The Morgan fingerprint density at radius 1 is 1.31 bits per heavy atom. The summed E-state index contributed by atoms with van der Waals surface area (Å²) in [5.74, 6) is 0.886. The van der Waals surface area contributed by atoms with E-state index in [-0.39, 0.29) is 17.7 Å². The SMILES string of the molecule is CCCSc1nnc(NC(=O)Cc2coc3ccc(C(C)(C)C)cc23)s1. The molecule has 1 amide bonds. The molecule has 0 unspecified atom stereocenters. The first-order valence-corrected chi connectivity index (χ1v) is 10.4. The molecule has 0 radical (unpaired) electrons. The van der Waals surface area contributed by atoms with Crippen LogP contribution in [0.1, 0.15) is 45.2 Å². The van der Waals surface area contributed by atoms with Gasteiger partial charge in [0.1, 0.15) is 5.58 Å². The van der Waals surface area contributed by atoms with Crippen LogP contribution in [0.3, 0.4) is 0 Å². The number of nitrogens with one attached hydrogen (secondary N) is 1. The summed E-state index contributed by atoms with van der Waals surface area (Å²) in [5.41, 5.74) is 2.95. The molecular formula is C19H23N3O2S2. The van der Waals surface area contributed by atoms with Crippen molar-refractivity contribution in [1.29, 1.82) is 0 Å². The lowest BCUT2D eigenvalue weighted by molar-refractivity contribution is -0.115. The number of carbonyl (C=O) groups excluding carboxylic acids is 1. The minimum Gasteiger partial charge on any atom is -0.464 e. The highest BCUT2D eigenvalue weighted by Gasteiger charge is 2.17.